The van der Waals surface area contributed by atoms with Crippen LogP contribution in [0.15, 0.2) is 120 Å². The van der Waals surface area contributed by atoms with Gasteiger partial charge in [-0.1, -0.05) is 36.4 Å². The van der Waals surface area contributed by atoms with Crippen LogP contribution < -0.4 is 14.4 Å². The van der Waals surface area contributed by atoms with Gasteiger partial charge >= 0.3 is 0 Å². The van der Waals surface area contributed by atoms with E-state index in [9.17, 15) is 0 Å². The Kier molecular flexibility index (Phi) is 3.18. The van der Waals surface area contributed by atoms with Gasteiger partial charge in [0, 0.05) is 56.4 Å². The van der Waals surface area contributed by atoms with Crippen LogP contribution in [0.3, 0.4) is 0 Å². The van der Waals surface area contributed by atoms with E-state index in [2.05, 4.69) is 117 Å². The molecule has 180 valence electrons. The fourth-order valence-corrected chi connectivity index (χ4v) is 6.95. The van der Waals surface area contributed by atoms with Crippen molar-refractivity contribution in [2.75, 3.05) is 9.80 Å². The highest BCUT2D eigenvalue weighted by atomic mass is 16.3. The number of pyridine rings is 2. The summed E-state index contributed by atoms with van der Waals surface area (Å²) in [7, 11) is 0. The van der Waals surface area contributed by atoms with Crippen LogP contribution in [0.4, 0.5) is 11.4 Å². The Balaban J connectivity index is 1.40. The molecule has 3 aliphatic heterocycles. The van der Waals surface area contributed by atoms with Crippen LogP contribution in [0.25, 0.3) is 33.3 Å². The van der Waals surface area contributed by atoms with E-state index in [1.807, 2.05) is 12.1 Å². The lowest BCUT2D eigenvalue weighted by molar-refractivity contribution is -0.729. The predicted octanol–water partition coefficient (Wildman–Crippen LogP) is 6.49. The molecule has 3 aromatic heterocycles. The molecule has 1 spiro atoms. The SMILES string of the molecule is [2H]C([2H])([2H])c1ccc2c(n1)oc1c3c(ccc12)C1(c2ccccc2-c2cccc[n+]21)C1N(c2ccccc2)C=CN31. The van der Waals surface area contributed by atoms with Crippen LogP contribution in [0.1, 0.15) is 20.9 Å². The molecule has 3 aromatic carbocycles. The minimum atomic E-state index is -2.31. The normalized spacial score (nSPS) is 21.9. The van der Waals surface area contributed by atoms with Crippen molar-refractivity contribution in [3.63, 3.8) is 0 Å². The molecular formula is C33H23N4O+. The van der Waals surface area contributed by atoms with Crippen molar-refractivity contribution in [1.82, 2.24) is 4.98 Å². The van der Waals surface area contributed by atoms with Gasteiger partial charge in [0.05, 0.1) is 16.8 Å². The average Bonchev–Trinajstić information content (AvgIpc) is 3.73. The van der Waals surface area contributed by atoms with E-state index in [0.29, 0.717) is 11.3 Å². The first-order valence-electron chi connectivity index (χ1n) is 14.3. The lowest BCUT2D eigenvalue weighted by Gasteiger charge is -2.35. The Morgan fingerprint density at radius 3 is 2.55 bits per heavy atom. The second-order valence-corrected chi connectivity index (χ2v) is 10.1. The summed E-state index contributed by atoms with van der Waals surface area (Å²) in [6.07, 6.45) is 6.29. The zero-order valence-corrected chi connectivity index (χ0v) is 20.2. The number of hydrogen-bond acceptors (Lipinski definition) is 4. The largest absolute Gasteiger partial charge is 0.435 e. The fraction of sp³-hybridized carbons (Fsp3) is 0.0909. The molecule has 6 heterocycles. The van der Waals surface area contributed by atoms with Gasteiger partial charge in [0.1, 0.15) is 0 Å². The Morgan fingerprint density at radius 2 is 1.63 bits per heavy atom. The number of fused-ring (bicyclic) bond motifs is 14. The number of benzene rings is 3. The summed E-state index contributed by atoms with van der Waals surface area (Å²) < 4.78 is 32.5. The third kappa shape index (κ3) is 2.24. The van der Waals surface area contributed by atoms with Crippen molar-refractivity contribution in [2.24, 2.45) is 0 Å². The highest BCUT2D eigenvalue weighted by molar-refractivity contribution is 6.10. The van der Waals surface area contributed by atoms with Gasteiger partial charge in [0.25, 0.3) is 5.54 Å². The maximum atomic E-state index is 7.86. The molecule has 0 N–H and O–H groups in total. The van der Waals surface area contributed by atoms with Gasteiger partial charge in [-0.2, -0.15) is 4.57 Å². The van der Waals surface area contributed by atoms with Crippen molar-refractivity contribution in [1.29, 1.82) is 0 Å². The van der Waals surface area contributed by atoms with Crippen LogP contribution in [0.2, 0.25) is 0 Å². The number of anilines is 2. The lowest BCUT2D eigenvalue weighted by atomic mass is 9.81. The number of rotatable bonds is 1. The Morgan fingerprint density at radius 1 is 0.816 bits per heavy atom. The van der Waals surface area contributed by atoms with E-state index < -0.39 is 12.4 Å². The molecule has 0 fully saturated rings. The minimum Gasteiger partial charge on any atom is -0.435 e. The van der Waals surface area contributed by atoms with E-state index in [-0.39, 0.29) is 11.9 Å². The molecule has 9 rings (SSSR count). The molecule has 6 aromatic rings. The van der Waals surface area contributed by atoms with Crippen LogP contribution >= 0.6 is 0 Å². The number of furan rings is 1. The van der Waals surface area contributed by atoms with Gasteiger partial charge in [-0.05, 0) is 55.4 Å². The highest BCUT2D eigenvalue weighted by Crippen LogP contribution is 2.58. The van der Waals surface area contributed by atoms with Crippen LogP contribution in [-0.4, -0.2) is 11.1 Å². The van der Waals surface area contributed by atoms with Gasteiger partial charge < -0.3 is 14.2 Å². The molecule has 3 aliphatic rings. The lowest BCUT2D eigenvalue weighted by Crippen LogP contribution is -2.65. The first kappa shape index (κ1) is 17.5. The van der Waals surface area contributed by atoms with Crippen LogP contribution in [0.5, 0.6) is 0 Å². The van der Waals surface area contributed by atoms with Crippen molar-refractivity contribution in [3.05, 3.63) is 132 Å². The quantitative estimate of drug-likeness (QED) is 0.245. The zero-order chi connectivity index (χ0) is 27.5. The number of aryl methyl sites for hydroxylation is 1. The van der Waals surface area contributed by atoms with Crippen molar-refractivity contribution in [3.8, 4) is 11.3 Å². The summed E-state index contributed by atoms with van der Waals surface area (Å²) in [6, 6.07) is 33.2. The zero-order valence-electron chi connectivity index (χ0n) is 23.2. The fourth-order valence-electron chi connectivity index (χ4n) is 6.95. The summed E-state index contributed by atoms with van der Waals surface area (Å²) in [5.74, 6) is 0. The van der Waals surface area contributed by atoms with Gasteiger partial charge in [-0.3, -0.25) is 0 Å². The second-order valence-electron chi connectivity index (χ2n) is 10.1. The van der Waals surface area contributed by atoms with E-state index in [0.717, 1.165) is 33.4 Å². The molecule has 0 bridgehead atoms. The van der Waals surface area contributed by atoms with E-state index in [1.54, 1.807) is 6.07 Å². The molecule has 5 nitrogen and oxygen atoms in total. The molecule has 0 saturated heterocycles. The van der Waals surface area contributed by atoms with Crippen LogP contribution in [0, 0.1) is 6.85 Å². The molecular weight excluding hydrogens is 468 g/mol. The third-order valence-electron chi connectivity index (χ3n) is 8.35. The standard InChI is InChI=1S/C33H23N4O/c1-21-14-15-24-23-16-17-27-29(30(23)38-31(24)34-21)36-20-19-35(22-9-3-2-4-10-22)32(36)33(27)26-12-6-5-11-25(26)28-13-7-8-18-37(28)33/h2-20,32H,1H3/q+1/i1D3. The molecule has 0 aliphatic carbocycles. The average molecular weight is 495 g/mol. The van der Waals surface area contributed by atoms with E-state index >= 15 is 0 Å². The van der Waals surface area contributed by atoms with Crippen molar-refractivity contribution in [2.45, 2.75) is 18.6 Å². The van der Waals surface area contributed by atoms with Gasteiger partial charge in [-0.15, -0.1) is 0 Å². The number of para-hydroxylation sites is 1. The number of nitrogens with zero attached hydrogens (tertiary/aromatic N) is 4. The molecule has 2 unspecified atom stereocenters. The van der Waals surface area contributed by atoms with E-state index in [1.165, 1.54) is 11.1 Å². The van der Waals surface area contributed by atoms with Crippen molar-refractivity contribution >= 4 is 33.4 Å². The maximum Gasteiger partial charge on any atom is 0.261 e. The van der Waals surface area contributed by atoms with E-state index in [4.69, 9.17) is 8.53 Å². The van der Waals surface area contributed by atoms with Gasteiger partial charge in [-0.25, -0.2) is 4.98 Å². The smallest absolute Gasteiger partial charge is 0.261 e. The first-order valence-corrected chi connectivity index (χ1v) is 12.8. The monoisotopic (exact) mass is 494 g/mol. The Labute approximate surface area is 223 Å². The second kappa shape index (κ2) is 6.90. The summed E-state index contributed by atoms with van der Waals surface area (Å²) in [4.78, 5) is 9.08. The maximum absolute atomic E-state index is 7.86. The summed E-state index contributed by atoms with van der Waals surface area (Å²) in [5.41, 5.74) is 7.25. The highest BCUT2D eigenvalue weighted by Gasteiger charge is 2.67. The van der Waals surface area contributed by atoms with Crippen LogP contribution in [-0.2, 0) is 5.54 Å². The minimum absolute atomic E-state index is 0.0283. The molecule has 0 saturated carbocycles. The Hall–Kier alpha value is -4.90. The summed E-state index contributed by atoms with van der Waals surface area (Å²) in [5, 5.41) is 1.71. The topological polar surface area (TPSA) is 36.4 Å². The number of hydrogen-bond donors (Lipinski definition) is 0. The molecule has 0 amide bonds. The van der Waals surface area contributed by atoms with Crippen molar-refractivity contribution < 1.29 is 13.1 Å². The Bertz CT molecular complexity index is 2040. The molecule has 2 atom stereocenters. The third-order valence-corrected chi connectivity index (χ3v) is 8.35. The van der Waals surface area contributed by atoms with Gasteiger partial charge in [0.2, 0.25) is 11.4 Å². The molecule has 38 heavy (non-hydrogen) atoms. The number of aromatic nitrogens is 2. The predicted molar refractivity (Wildman–Crippen MR) is 149 cm³/mol. The summed E-state index contributed by atoms with van der Waals surface area (Å²) in [6.45, 7) is -2.31. The first-order chi connectivity index (χ1) is 20.0. The summed E-state index contributed by atoms with van der Waals surface area (Å²) >= 11 is 0. The molecule has 5 heteroatoms. The molecule has 0 radical (unpaired) electrons. The van der Waals surface area contributed by atoms with Gasteiger partial charge in [0.15, 0.2) is 17.9 Å².